The van der Waals surface area contributed by atoms with E-state index in [-0.39, 0.29) is 48.4 Å². The molecule has 0 bridgehead atoms. The number of aromatic amines is 1. The van der Waals surface area contributed by atoms with Crippen LogP contribution in [0.15, 0.2) is 34.4 Å². The molecule has 36 heavy (non-hydrogen) atoms. The summed E-state index contributed by atoms with van der Waals surface area (Å²) in [7, 11) is 1.48. The number of hydrogen-bond donors (Lipinski definition) is 2. The van der Waals surface area contributed by atoms with Gasteiger partial charge >= 0.3 is 6.09 Å². The molecule has 12 heteroatoms. The van der Waals surface area contributed by atoms with Crippen LogP contribution < -0.4 is 10.3 Å². The summed E-state index contributed by atoms with van der Waals surface area (Å²) in [6.07, 6.45) is -1.04. The van der Waals surface area contributed by atoms with Crippen molar-refractivity contribution < 1.29 is 28.2 Å². The maximum Gasteiger partial charge on any atom is 0.407 e. The third-order valence-corrected chi connectivity index (χ3v) is 7.04. The van der Waals surface area contributed by atoms with E-state index in [4.69, 9.17) is 9.47 Å². The van der Waals surface area contributed by atoms with Crippen LogP contribution in [0.3, 0.4) is 0 Å². The minimum Gasteiger partial charge on any atom is -0.490 e. The van der Waals surface area contributed by atoms with Gasteiger partial charge in [-0.1, -0.05) is 0 Å². The first-order valence-electron chi connectivity index (χ1n) is 11.1. The van der Waals surface area contributed by atoms with Crippen molar-refractivity contribution in [2.24, 2.45) is 0 Å². The predicted molar refractivity (Wildman–Crippen MR) is 129 cm³/mol. The fraction of sp³-hybridized carbons (Fsp3) is 0.292. The SMILES string of the molecule is COCCOc1cc(F)cc(F)c1-c1c(-c2cc3n(n2)C[C@@H](C)N(C(=O)O)C3)[nH]c(=O)c2ccsc12. The molecule has 2 N–H and O–H groups in total. The molecule has 0 aliphatic carbocycles. The number of amides is 1. The molecule has 0 unspecified atom stereocenters. The minimum atomic E-state index is -1.04. The fourth-order valence-electron chi connectivity index (χ4n) is 4.41. The Bertz CT molecular complexity index is 1530. The summed E-state index contributed by atoms with van der Waals surface area (Å²) in [5.74, 6) is -1.71. The average molecular weight is 517 g/mol. The lowest BCUT2D eigenvalue weighted by Gasteiger charge is -2.31. The van der Waals surface area contributed by atoms with E-state index in [1.165, 1.54) is 23.3 Å². The zero-order valence-corrected chi connectivity index (χ0v) is 20.2. The standard InChI is InChI=1S/C24H22F2N4O5S/c1-12-10-30-14(11-29(12)24(32)33)9-17(28-30)21-20(22-15(3-6-36-22)23(31)27-21)19-16(26)7-13(25)8-18(19)35-5-4-34-2/h3,6-9,12H,4-5,10-11H2,1-2H3,(H,27,31)(H,32,33)/t12-/m1/s1. The Labute approximate surface area is 207 Å². The van der Waals surface area contributed by atoms with Crippen molar-refractivity contribution in [3.63, 3.8) is 0 Å². The van der Waals surface area contributed by atoms with Gasteiger partial charge in [0.25, 0.3) is 5.56 Å². The zero-order valence-electron chi connectivity index (χ0n) is 19.4. The van der Waals surface area contributed by atoms with Crippen LogP contribution in [0.4, 0.5) is 13.6 Å². The number of nitrogens with zero attached hydrogens (tertiary/aromatic N) is 3. The Kier molecular flexibility index (Phi) is 6.22. The summed E-state index contributed by atoms with van der Waals surface area (Å²) in [5.41, 5.74) is 1.09. The molecule has 188 valence electrons. The summed E-state index contributed by atoms with van der Waals surface area (Å²) in [4.78, 5) is 28.7. The Balaban J connectivity index is 1.74. The quantitative estimate of drug-likeness (QED) is 0.370. The number of ether oxygens (including phenoxy) is 2. The highest BCUT2D eigenvalue weighted by Gasteiger charge is 2.30. The zero-order chi connectivity index (χ0) is 25.6. The molecule has 1 aliphatic rings. The van der Waals surface area contributed by atoms with Crippen LogP contribution in [-0.2, 0) is 17.8 Å². The molecule has 0 radical (unpaired) electrons. The van der Waals surface area contributed by atoms with Crippen LogP contribution in [0.25, 0.3) is 32.6 Å². The first kappa shape index (κ1) is 23.9. The number of nitrogens with one attached hydrogen (secondary N) is 1. The number of carbonyl (C=O) groups is 1. The van der Waals surface area contributed by atoms with E-state index in [2.05, 4.69) is 10.1 Å². The Morgan fingerprint density at radius 1 is 1.28 bits per heavy atom. The van der Waals surface area contributed by atoms with Crippen molar-refractivity contribution in [2.45, 2.75) is 26.1 Å². The second kappa shape index (κ2) is 9.36. The first-order chi connectivity index (χ1) is 17.3. The molecule has 1 amide bonds. The average Bonchev–Trinajstić information content (AvgIpc) is 3.46. The molecular formula is C24H22F2N4O5S. The molecule has 9 nitrogen and oxygen atoms in total. The van der Waals surface area contributed by atoms with E-state index in [9.17, 15) is 19.1 Å². The molecule has 0 saturated heterocycles. The number of carboxylic acid groups (broad SMARTS) is 1. The van der Waals surface area contributed by atoms with Crippen LogP contribution >= 0.6 is 11.3 Å². The molecule has 0 spiro atoms. The molecule has 1 aromatic carbocycles. The van der Waals surface area contributed by atoms with E-state index in [0.29, 0.717) is 33.6 Å². The van der Waals surface area contributed by atoms with Crippen molar-refractivity contribution >= 4 is 27.5 Å². The Morgan fingerprint density at radius 2 is 2.08 bits per heavy atom. The first-order valence-corrected chi connectivity index (χ1v) is 12.0. The van der Waals surface area contributed by atoms with Gasteiger partial charge in [-0.3, -0.25) is 14.4 Å². The number of halogens is 2. The van der Waals surface area contributed by atoms with Crippen LogP contribution in [0, 0.1) is 11.6 Å². The van der Waals surface area contributed by atoms with Gasteiger partial charge in [-0.05, 0) is 24.4 Å². The lowest BCUT2D eigenvalue weighted by molar-refractivity contribution is 0.105. The second-order valence-electron chi connectivity index (χ2n) is 8.43. The number of H-pyrrole nitrogens is 1. The largest absolute Gasteiger partial charge is 0.490 e. The monoisotopic (exact) mass is 516 g/mol. The number of aromatic nitrogens is 3. The number of pyridine rings is 1. The van der Waals surface area contributed by atoms with Gasteiger partial charge < -0.3 is 19.6 Å². The highest BCUT2D eigenvalue weighted by atomic mass is 32.1. The molecule has 1 atom stereocenters. The van der Waals surface area contributed by atoms with E-state index in [1.54, 1.807) is 29.1 Å². The number of hydrogen-bond acceptors (Lipinski definition) is 6. The minimum absolute atomic E-state index is 0.0160. The third kappa shape index (κ3) is 4.11. The van der Waals surface area contributed by atoms with Gasteiger partial charge in [-0.25, -0.2) is 13.6 Å². The maximum atomic E-state index is 15.4. The van der Waals surface area contributed by atoms with Crippen molar-refractivity contribution in [2.75, 3.05) is 20.3 Å². The van der Waals surface area contributed by atoms with Gasteiger partial charge in [0.2, 0.25) is 0 Å². The predicted octanol–water partition coefficient (Wildman–Crippen LogP) is 4.31. The molecule has 5 rings (SSSR count). The molecule has 0 fully saturated rings. The van der Waals surface area contributed by atoms with Crippen molar-refractivity contribution in [1.82, 2.24) is 19.7 Å². The molecular weight excluding hydrogens is 494 g/mol. The Hall–Kier alpha value is -3.77. The van der Waals surface area contributed by atoms with Gasteiger partial charge in [0.15, 0.2) is 0 Å². The highest BCUT2D eigenvalue weighted by Crippen LogP contribution is 2.43. The second-order valence-corrected chi connectivity index (χ2v) is 9.35. The van der Waals surface area contributed by atoms with Crippen molar-refractivity contribution in [1.29, 1.82) is 0 Å². The van der Waals surface area contributed by atoms with Gasteiger partial charge in [-0.15, -0.1) is 11.3 Å². The molecule has 0 saturated carbocycles. The molecule has 1 aliphatic heterocycles. The number of methoxy groups -OCH3 is 1. The van der Waals surface area contributed by atoms with Gasteiger partial charge in [0.1, 0.15) is 29.7 Å². The van der Waals surface area contributed by atoms with Crippen molar-refractivity contribution in [3.05, 3.63) is 57.3 Å². The maximum absolute atomic E-state index is 15.4. The van der Waals surface area contributed by atoms with Crippen LogP contribution in [0.2, 0.25) is 0 Å². The lowest BCUT2D eigenvalue weighted by atomic mass is 9.99. The smallest absolute Gasteiger partial charge is 0.407 e. The lowest BCUT2D eigenvalue weighted by Crippen LogP contribution is -2.44. The summed E-state index contributed by atoms with van der Waals surface area (Å²) < 4.78 is 42.5. The molecule has 3 aromatic heterocycles. The number of thiophene rings is 1. The van der Waals surface area contributed by atoms with E-state index in [0.717, 1.165) is 12.1 Å². The van der Waals surface area contributed by atoms with Crippen LogP contribution in [0.1, 0.15) is 12.6 Å². The summed E-state index contributed by atoms with van der Waals surface area (Å²) in [6.45, 7) is 2.47. The highest BCUT2D eigenvalue weighted by molar-refractivity contribution is 7.17. The van der Waals surface area contributed by atoms with Gasteiger partial charge in [0.05, 0.1) is 52.8 Å². The molecule has 4 aromatic rings. The van der Waals surface area contributed by atoms with Crippen LogP contribution in [-0.4, -0.2) is 57.2 Å². The fourth-order valence-corrected chi connectivity index (χ4v) is 5.36. The topological polar surface area (TPSA) is 110 Å². The number of rotatable bonds is 6. The number of fused-ring (bicyclic) bond motifs is 2. The Morgan fingerprint density at radius 3 is 2.83 bits per heavy atom. The normalized spacial score (nSPS) is 15.3. The summed E-state index contributed by atoms with van der Waals surface area (Å²) in [6, 6.07) is 4.84. The van der Waals surface area contributed by atoms with Gasteiger partial charge in [-0.2, -0.15) is 5.10 Å². The third-order valence-electron chi connectivity index (χ3n) is 6.11. The van der Waals surface area contributed by atoms with E-state index < -0.39 is 17.7 Å². The van der Waals surface area contributed by atoms with E-state index >= 15 is 4.39 Å². The van der Waals surface area contributed by atoms with Gasteiger partial charge in [0, 0.05) is 24.8 Å². The van der Waals surface area contributed by atoms with Crippen LogP contribution in [0.5, 0.6) is 5.75 Å². The van der Waals surface area contributed by atoms with E-state index in [1.807, 2.05) is 0 Å². The van der Waals surface area contributed by atoms with Crippen molar-refractivity contribution in [3.8, 4) is 28.3 Å². The molecule has 4 heterocycles. The summed E-state index contributed by atoms with van der Waals surface area (Å²) in [5, 5.41) is 16.2. The number of benzene rings is 1. The summed E-state index contributed by atoms with van der Waals surface area (Å²) >= 11 is 1.24.